The highest BCUT2D eigenvalue weighted by atomic mass is 35.5. The van der Waals surface area contributed by atoms with Crippen LogP contribution in [0.3, 0.4) is 0 Å². The predicted octanol–water partition coefficient (Wildman–Crippen LogP) is 3.63. The van der Waals surface area contributed by atoms with E-state index in [1.54, 1.807) is 12.1 Å². The lowest BCUT2D eigenvalue weighted by molar-refractivity contribution is -0.117. The van der Waals surface area contributed by atoms with Crippen LogP contribution in [0.4, 0.5) is 5.69 Å². The Morgan fingerprint density at radius 3 is 2.60 bits per heavy atom. The van der Waals surface area contributed by atoms with Crippen molar-refractivity contribution in [2.45, 2.75) is 13.0 Å². The Morgan fingerprint density at radius 2 is 1.85 bits per heavy atom. The molecule has 5 heteroatoms. The molecule has 0 fully saturated rings. The Labute approximate surface area is 127 Å². The number of amides is 1. The molecule has 0 aromatic heterocycles. The van der Waals surface area contributed by atoms with Gasteiger partial charge in [0.25, 0.3) is 0 Å². The Kier molecular flexibility index (Phi) is 4.88. The molecule has 1 amide bonds. The van der Waals surface area contributed by atoms with Crippen molar-refractivity contribution < 1.29 is 4.79 Å². The topological polar surface area (TPSA) is 55.1 Å². The largest absolute Gasteiger partial charge is 0.381 e. The molecule has 3 nitrogen and oxygen atoms in total. The summed E-state index contributed by atoms with van der Waals surface area (Å²) in [6.45, 7) is 0.523. The van der Waals surface area contributed by atoms with Crippen molar-refractivity contribution in [1.29, 1.82) is 0 Å². The number of carbonyl (C=O) groups is 1. The molecule has 0 radical (unpaired) electrons. The maximum absolute atomic E-state index is 11.0. The predicted molar refractivity (Wildman–Crippen MR) is 83.1 cm³/mol. The zero-order valence-corrected chi connectivity index (χ0v) is 12.2. The van der Waals surface area contributed by atoms with Gasteiger partial charge in [0.05, 0.1) is 6.42 Å². The fourth-order valence-corrected chi connectivity index (χ4v) is 2.28. The number of primary amides is 1. The molecule has 2 aromatic carbocycles. The van der Waals surface area contributed by atoms with Gasteiger partial charge in [-0.2, -0.15) is 0 Å². The van der Waals surface area contributed by atoms with Crippen LogP contribution >= 0.6 is 23.2 Å². The van der Waals surface area contributed by atoms with E-state index < -0.39 is 0 Å². The highest BCUT2D eigenvalue weighted by Gasteiger charge is 2.06. The lowest BCUT2D eigenvalue weighted by Gasteiger charge is -2.12. The zero-order valence-electron chi connectivity index (χ0n) is 10.7. The summed E-state index contributed by atoms with van der Waals surface area (Å²) in [5, 5.41) is 4.54. The Morgan fingerprint density at radius 1 is 1.10 bits per heavy atom. The van der Waals surface area contributed by atoms with Gasteiger partial charge in [0, 0.05) is 22.3 Å². The summed E-state index contributed by atoms with van der Waals surface area (Å²) in [5.41, 5.74) is 7.86. The fraction of sp³-hybridized carbons (Fsp3) is 0.133. The van der Waals surface area contributed by atoms with E-state index in [2.05, 4.69) is 5.32 Å². The minimum Gasteiger partial charge on any atom is -0.381 e. The average molecular weight is 309 g/mol. The quantitative estimate of drug-likeness (QED) is 0.886. The number of benzene rings is 2. The molecule has 20 heavy (non-hydrogen) atoms. The van der Waals surface area contributed by atoms with Gasteiger partial charge in [0.15, 0.2) is 0 Å². The number of nitrogens with one attached hydrogen (secondary N) is 1. The summed E-state index contributed by atoms with van der Waals surface area (Å²) in [5.74, 6) is -0.361. The summed E-state index contributed by atoms with van der Waals surface area (Å²) in [4.78, 5) is 11.0. The number of para-hydroxylation sites is 1. The average Bonchev–Trinajstić information content (AvgIpc) is 2.41. The van der Waals surface area contributed by atoms with Crippen LogP contribution in [0.5, 0.6) is 0 Å². The molecule has 0 unspecified atom stereocenters. The van der Waals surface area contributed by atoms with Gasteiger partial charge in [0.2, 0.25) is 5.91 Å². The Hall–Kier alpha value is -1.71. The van der Waals surface area contributed by atoms with Gasteiger partial charge in [-0.3, -0.25) is 4.79 Å². The molecule has 0 spiro atoms. The van der Waals surface area contributed by atoms with E-state index in [1.807, 2.05) is 30.3 Å². The van der Waals surface area contributed by atoms with E-state index in [1.165, 1.54) is 0 Å². The van der Waals surface area contributed by atoms with Gasteiger partial charge < -0.3 is 11.1 Å². The molecule has 0 atom stereocenters. The van der Waals surface area contributed by atoms with E-state index in [-0.39, 0.29) is 12.3 Å². The molecule has 0 aliphatic heterocycles. The van der Waals surface area contributed by atoms with Gasteiger partial charge in [0.1, 0.15) is 0 Å². The molecule has 0 aliphatic rings. The first kappa shape index (κ1) is 14.7. The zero-order chi connectivity index (χ0) is 14.5. The van der Waals surface area contributed by atoms with Crippen molar-refractivity contribution in [3.05, 3.63) is 63.6 Å². The Balaban J connectivity index is 2.14. The first-order valence-electron chi connectivity index (χ1n) is 6.10. The highest BCUT2D eigenvalue weighted by molar-refractivity contribution is 6.33. The highest BCUT2D eigenvalue weighted by Crippen LogP contribution is 2.23. The van der Waals surface area contributed by atoms with Crippen LogP contribution in [0.2, 0.25) is 10.0 Å². The molecule has 0 saturated carbocycles. The summed E-state index contributed by atoms with van der Waals surface area (Å²) in [6.07, 6.45) is 0.201. The van der Waals surface area contributed by atoms with E-state index in [4.69, 9.17) is 28.9 Å². The second-order valence-corrected chi connectivity index (χ2v) is 5.23. The third-order valence-corrected chi connectivity index (χ3v) is 3.46. The summed E-state index contributed by atoms with van der Waals surface area (Å²) in [6, 6.07) is 12.9. The first-order chi connectivity index (χ1) is 9.56. The number of hydrogen-bond donors (Lipinski definition) is 2. The van der Waals surface area contributed by atoms with E-state index in [0.29, 0.717) is 16.6 Å². The minimum atomic E-state index is -0.361. The third-order valence-electron chi connectivity index (χ3n) is 2.86. The molecule has 0 bridgehead atoms. The van der Waals surface area contributed by atoms with Crippen LogP contribution in [0.1, 0.15) is 11.1 Å². The minimum absolute atomic E-state index is 0.201. The van der Waals surface area contributed by atoms with Crippen molar-refractivity contribution in [3.8, 4) is 0 Å². The Bertz CT molecular complexity index is 629. The number of carbonyl (C=O) groups excluding carboxylic acids is 1. The lowest BCUT2D eigenvalue weighted by atomic mass is 10.1. The van der Waals surface area contributed by atoms with Crippen LogP contribution < -0.4 is 11.1 Å². The molecule has 3 N–H and O–H groups in total. The van der Waals surface area contributed by atoms with Crippen molar-refractivity contribution in [3.63, 3.8) is 0 Å². The fourth-order valence-electron chi connectivity index (χ4n) is 1.90. The molecule has 0 saturated heterocycles. The maximum Gasteiger partial charge on any atom is 0.221 e. The van der Waals surface area contributed by atoms with Gasteiger partial charge in [-0.1, -0.05) is 41.4 Å². The van der Waals surface area contributed by atoms with Gasteiger partial charge >= 0.3 is 0 Å². The van der Waals surface area contributed by atoms with Crippen LogP contribution in [-0.2, 0) is 17.8 Å². The maximum atomic E-state index is 11.0. The van der Waals surface area contributed by atoms with Crippen LogP contribution in [-0.4, -0.2) is 5.91 Å². The number of hydrogen-bond acceptors (Lipinski definition) is 2. The SMILES string of the molecule is NC(=O)Cc1ccccc1NCc1cc(Cl)ccc1Cl. The molecule has 0 aliphatic carbocycles. The molecule has 2 aromatic rings. The summed E-state index contributed by atoms with van der Waals surface area (Å²) in [7, 11) is 0. The van der Waals surface area contributed by atoms with E-state index in [0.717, 1.165) is 16.8 Å². The first-order valence-corrected chi connectivity index (χ1v) is 6.86. The second-order valence-electron chi connectivity index (χ2n) is 4.39. The molecular weight excluding hydrogens is 295 g/mol. The van der Waals surface area contributed by atoms with Crippen molar-refractivity contribution >= 4 is 34.8 Å². The van der Waals surface area contributed by atoms with Gasteiger partial charge in [-0.25, -0.2) is 0 Å². The summed E-state index contributed by atoms with van der Waals surface area (Å²) < 4.78 is 0. The van der Waals surface area contributed by atoms with Crippen molar-refractivity contribution in [2.24, 2.45) is 5.73 Å². The number of rotatable bonds is 5. The number of anilines is 1. The summed E-state index contributed by atoms with van der Waals surface area (Å²) >= 11 is 12.1. The van der Waals surface area contributed by atoms with Crippen LogP contribution in [0, 0.1) is 0 Å². The third kappa shape index (κ3) is 3.89. The van der Waals surface area contributed by atoms with Crippen LogP contribution in [0.15, 0.2) is 42.5 Å². The molecule has 0 heterocycles. The standard InChI is InChI=1S/C15H14Cl2N2O/c16-12-5-6-13(17)11(7-12)9-19-14-4-2-1-3-10(14)8-15(18)20/h1-7,19H,8-9H2,(H2,18,20). The molecular formula is C15H14Cl2N2O. The molecule has 104 valence electrons. The van der Waals surface area contributed by atoms with Gasteiger partial charge in [-0.05, 0) is 35.4 Å². The smallest absolute Gasteiger partial charge is 0.221 e. The second kappa shape index (κ2) is 6.64. The number of nitrogens with two attached hydrogens (primary N) is 1. The number of halogens is 2. The monoisotopic (exact) mass is 308 g/mol. The normalized spacial score (nSPS) is 10.3. The van der Waals surface area contributed by atoms with Gasteiger partial charge in [-0.15, -0.1) is 0 Å². The van der Waals surface area contributed by atoms with Crippen molar-refractivity contribution in [1.82, 2.24) is 0 Å². The molecule has 2 rings (SSSR count). The lowest BCUT2D eigenvalue weighted by Crippen LogP contribution is -2.15. The van der Waals surface area contributed by atoms with Crippen LogP contribution in [0.25, 0.3) is 0 Å². The van der Waals surface area contributed by atoms with Crippen molar-refractivity contribution in [2.75, 3.05) is 5.32 Å². The van der Waals surface area contributed by atoms with E-state index in [9.17, 15) is 4.79 Å². The van der Waals surface area contributed by atoms with E-state index >= 15 is 0 Å².